The van der Waals surface area contributed by atoms with Crippen molar-refractivity contribution in [3.63, 3.8) is 0 Å². The lowest BCUT2D eigenvalue weighted by Gasteiger charge is -2.14. The largest absolute Gasteiger partial charge is 0.316 e. The van der Waals surface area contributed by atoms with Crippen LogP contribution in [-0.4, -0.2) is 12.5 Å². The van der Waals surface area contributed by atoms with E-state index in [2.05, 4.69) is 6.58 Å². The molecule has 1 aromatic rings. The van der Waals surface area contributed by atoms with Gasteiger partial charge in [-0.3, -0.25) is 4.79 Å². The minimum absolute atomic E-state index is 0.0458. The van der Waals surface area contributed by atoms with Crippen molar-refractivity contribution in [2.75, 3.05) is 11.4 Å². The second-order valence-corrected chi connectivity index (χ2v) is 3.78. The molecule has 3 nitrogen and oxygen atoms in total. The Kier molecular flexibility index (Phi) is 2.32. The summed E-state index contributed by atoms with van der Waals surface area (Å²) in [7, 11) is 0. The van der Waals surface area contributed by atoms with Gasteiger partial charge >= 0.3 is 0 Å². The molecule has 2 N–H and O–H groups in total. The summed E-state index contributed by atoms with van der Waals surface area (Å²) >= 11 is 0. The summed E-state index contributed by atoms with van der Waals surface area (Å²) in [6, 6.07) is 5.39. The van der Waals surface area contributed by atoms with Gasteiger partial charge in [0.1, 0.15) is 6.04 Å². The first-order valence-electron chi connectivity index (χ1n) is 4.93. The summed E-state index contributed by atoms with van der Waals surface area (Å²) in [4.78, 5) is 13.5. The fourth-order valence-electron chi connectivity index (χ4n) is 1.91. The van der Waals surface area contributed by atoms with Crippen LogP contribution in [-0.2, 0) is 4.79 Å². The van der Waals surface area contributed by atoms with E-state index in [9.17, 15) is 4.79 Å². The molecule has 1 atom stereocenters. The Balaban J connectivity index is 2.50. The molecule has 0 radical (unpaired) electrons. The molecule has 0 saturated heterocycles. The highest BCUT2D eigenvalue weighted by atomic mass is 16.2. The molecule has 1 aliphatic rings. The summed E-state index contributed by atoms with van der Waals surface area (Å²) in [6.07, 6.45) is 1.71. The Morgan fingerprint density at radius 2 is 2.33 bits per heavy atom. The van der Waals surface area contributed by atoms with Crippen molar-refractivity contribution in [1.82, 2.24) is 0 Å². The first-order chi connectivity index (χ1) is 7.15. The maximum Gasteiger partial charge on any atom is 0.248 e. The van der Waals surface area contributed by atoms with Gasteiger partial charge in [0.25, 0.3) is 0 Å². The maximum absolute atomic E-state index is 11.8. The number of rotatable bonds is 2. The van der Waals surface area contributed by atoms with Gasteiger partial charge in [-0.05, 0) is 13.0 Å². The molecule has 0 fully saturated rings. The molecule has 1 aromatic carbocycles. The van der Waals surface area contributed by atoms with E-state index >= 15 is 0 Å². The van der Waals surface area contributed by atoms with Crippen molar-refractivity contribution in [1.29, 1.82) is 0 Å². The Labute approximate surface area is 89.2 Å². The highest BCUT2D eigenvalue weighted by molar-refractivity contribution is 6.04. The van der Waals surface area contributed by atoms with E-state index in [4.69, 9.17) is 5.73 Å². The second kappa shape index (κ2) is 3.51. The molecular formula is C12H14N2O. The number of carbonyl (C=O) groups is 1. The SMILES string of the molecule is C=CCN1C(=O)[C@H](N)c2cc(C)ccc21. The number of anilines is 1. The normalized spacial score (nSPS) is 19.2. The van der Waals surface area contributed by atoms with E-state index in [1.165, 1.54) is 0 Å². The molecule has 0 unspecified atom stereocenters. The number of hydrogen-bond acceptors (Lipinski definition) is 2. The Bertz CT molecular complexity index is 426. The third-order valence-electron chi connectivity index (χ3n) is 2.65. The summed E-state index contributed by atoms with van der Waals surface area (Å²) in [5, 5.41) is 0. The average Bonchev–Trinajstić information content (AvgIpc) is 2.44. The zero-order valence-corrected chi connectivity index (χ0v) is 8.73. The number of fused-ring (bicyclic) bond motifs is 1. The van der Waals surface area contributed by atoms with Gasteiger partial charge in [0.05, 0.1) is 0 Å². The summed E-state index contributed by atoms with van der Waals surface area (Å²) in [6.45, 7) is 6.15. The highest BCUT2D eigenvalue weighted by Gasteiger charge is 2.33. The standard InChI is InChI=1S/C12H14N2O/c1-3-6-14-10-5-4-8(2)7-9(10)11(13)12(14)15/h3-5,7,11H,1,6,13H2,2H3/t11-/m1/s1. The van der Waals surface area contributed by atoms with Crippen LogP contribution in [0.2, 0.25) is 0 Å². The lowest BCUT2D eigenvalue weighted by atomic mass is 10.1. The topological polar surface area (TPSA) is 46.3 Å². The van der Waals surface area contributed by atoms with Crippen molar-refractivity contribution in [2.24, 2.45) is 5.73 Å². The maximum atomic E-state index is 11.8. The molecule has 0 aromatic heterocycles. The zero-order valence-electron chi connectivity index (χ0n) is 8.73. The van der Waals surface area contributed by atoms with Crippen LogP contribution >= 0.6 is 0 Å². The molecule has 1 amide bonds. The van der Waals surface area contributed by atoms with Gasteiger partial charge in [0, 0.05) is 17.8 Å². The third-order valence-corrected chi connectivity index (χ3v) is 2.65. The molecule has 3 heteroatoms. The molecular weight excluding hydrogens is 188 g/mol. The minimum atomic E-state index is -0.514. The first-order valence-corrected chi connectivity index (χ1v) is 4.93. The van der Waals surface area contributed by atoms with Crippen LogP contribution < -0.4 is 10.6 Å². The number of nitrogens with zero attached hydrogens (tertiary/aromatic N) is 1. The fraction of sp³-hybridized carbons (Fsp3) is 0.250. The molecule has 0 spiro atoms. The van der Waals surface area contributed by atoms with Gasteiger partial charge in [-0.2, -0.15) is 0 Å². The molecule has 0 saturated carbocycles. The van der Waals surface area contributed by atoms with Gasteiger partial charge in [-0.15, -0.1) is 6.58 Å². The molecule has 2 rings (SSSR count). The number of carbonyl (C=O) groups excluding carboxylic acids is 1. The summed E-state index contributed by atoms with van der Waals surface area (Å²) in [5.41, 5.74) is 8.81. The van der Waals surface area contributed by atoms with Crippen LogP contribution in [0.4, 0.5) is 5.69 Å². The minimum Gasteiger partial charge on any atom is -0.316 e. The molecule has 15 heavy (non-hydrogen) atoms. The number of nitrogens with two attached hydrogens (primary N) is 1. The van der Waals surface area contributed by atoms with Crippen LogP contribution in [0.3, 0.4) is 0 Å². The number of aryl methyl sites for hydroxylation is 1. The number of benzene rings is 1. The number of hydrogen-bond donors (Lipinski definition) is 1. The third kappa shape index (κ3) is 1.45. The van der Waals surface area contributed by atoms with Gasteiger partial charge in [0.15, 0.2) is 0 Å². The van der Waals surface area contributed by atoms with E-state index in [1.54, 1.807) is 11.0 Å². The van der Waals surface area contributed by atoms with Crippen molar-refractivity contribution in [3.8, 4) is 0 Å². The van der Waals surface area contributed by atoms with Crippen LogP contribution in [0.1, 0.15) is 17.2 Å². The van der Waals surface area contributed by atoms with Crippen molar-refractivity contribution >= 4 is 11.6 Å². The van der Waals surface area contributed by atoms with Crippen molar-refractivity contribution in [3.05, 3.63) is 42.0 Å². The van der Waals surface area contributed by atoms with Crippen molar-refractivity contribution < 1.29 is 4.79 Å². The fourth-order valence-corrected chi connectivity index (χ4v) is 1.91. The van der Waals surface area contributed by atoms with Gasteiger partial charge < -0.3 is 10.6 Å². The van der Waals surface area contributed by atoms with E-state index in [-0.39, 0.29) is 5.91 Å². The zero-order chi connectivity index (χ0) is 11.0. The molecule has 78 valence electrons. The lowest BCUT2D eigenvalue weighted by Crippen LogP contribution is -2.31. The van der Waals surface area contributed by atoms with Crippen LogP contribution in [0.25, 0.3) is 0 Å². The van der Waals surface area contributed by atoms with Gasteiger partial charge in [0.2, 0.25) is 5.91 Å². The van der Waals surface area contributed by atoms with Crippen LogP contribution in [0, 0.1) is 6.92 Å². The summed E-state index contributed by atoms with van der Waals surface area (Å²) in [5.74, 6) is -0.0458. The molecule has 0 bridgehead atoms. The van der Waals surface area contributed by atoms with E-state index < -0.39 is 6.04 Å². The van der Waals surface area contributed by atoms with Crippen LogP contribution in [0.15, 0.2) is 30.9 Å². The predicted octanol–water partition coefficient (Wildman–Crippen LogP) is 1.53. The quantitative estimate of drug-likeness (QED) is 0.739. The highest BCUT2D eigenvalue weighted by Crippen LogP contribution is 2.34. The van der Waals surface area contributed by atoms with E-state index in [0.29, 0.717) is 6.54 Å². The first kappa shape index (κ1) is 9.93. The average molecular weight is 202 g/mol. The molecule has 1 heterocycles. The van der Waals surface area contributed by atoms with E-state index in [0.717, 1.165) is 16.8 Å². The van der Waals surface area contributed by atoms with E-state index in [1.807, 2.05) is 25.1 Å². The predicted molar refractivity (Wildman–Crippen MR) is 60.7 cm³/mol. The lowest BCUT2D eigenvalue weighted by molar-refractivity contribution is -0.119. The molecule has 1 aliphatic heterocycles. The Morgan fingerprint density at radius 3 is 3.00 bits per heavy atom. The molecule has 0 aliphatic carbocycles. The second-order valence-electron chi connectivity index (χ2n) is 3.78. The summed E-state index contributed by atoms with van der Waals surface area (Å²) < 4.78 is 0. The smallest absolute Gasteiger partial charge is 0.248 e. The van der Waals surface area contributed by atoms with Crippen molar-refractivity contribution in [2.45, 2.75) is 13.0 Å². The van der Waals surface area contributed by atoms with Gasteiger partial charge in [-0.25, -0.2) is 0 Å². The Morgan fingerprint density at radius 1 is 1.60 bits per heavy atom. The Hall–Kier alpha value is -1.61. The van der Waals surface area contributed by atoms with Gasteiger partial charge in [-0.1, -0.05) is 23.8 Å². The number of amides is 1. The monoisotopic (exact) mass is 202 g/mol. The van der Waals surface area contributed by atoms with Crippen LogP contribution in [0.5, 0.6) is 0 Å².